The van der Waals surface area contributed by atoms with Gasteiger partial charge in [0.05, 0.1) is 13.7 Å². The first kappa shape index (κ1) is 16.5. The molecule has 1 amide bonds. The number of hydrogen-bond acceptors (Lipinski definition) is 4. The van der Waals surface area contributed by atoms with Gasteiger partial charge in [-0.2, -0.15) is 0 Å². The van der Waals surface area contributed by atoms with Crippen LogP contribution in [-0.4, -0.2) is 32.1 Å². The number of ether oxygens (including phenoxy) is 1. The van der Waals surface area contributed by atoms with Crippen molar-refractivity contribution >= 4 is 23.3 Å². The number of nitrogens with zero attached hydrogens (tertiary/aromatic N) is 1. The highest BCUT2D eigenvalue weighted by Gasteiger charge is 2.19. The fraction of sp³-hybridized carbons (Fsp3) is 0.222. The van der Waals surface area contributed by atoms with Crippen molar-refractivity contribution in [1.82, 2.24) is 0 Å². The number of para-hydroxylation sites is 1. The number of aryl methyl sites for hydroxylation is 1. The summed E-state index contributed by atoms with van der Waals surface area (Å²) < 4.78 is 4.68. The number of hydrogen-bond donors (Lipinski definition) is 1. The second-order valence-electron chi connectivity index (χ2n) is 5.11. The maximum absolute atomic E-state index is 12.5. The number of nitrogens with one attached hydrogen (secondary N) is 1. The number of esters is 1. The Morgan fingerprint density at radius 1 is 1.04 bits per heavy atom. The molecule has 0 bridgehead atoms. The van der Waals surface area contributed by atoms with E-state index in [2.05, 4.69) is 10.1 Å². The molecule has 0 radical (unpaired) electrons. The Morgan fingerprint density at radius 3 is 2.30 bits per heavy atom. The molecule has 0 aliphatic heterocycles. The molecule has 0 aliphatic rings. The van der Waals surface area contributed by atoms with Crippen molar-refractivity contribution in [3.8, 4) is 0 Å². The van der Waals surface area contributed by atoms with Crippen LogP contribution in [0, 0.1) is 6.92 Å². The SMILES string of the molecule is COC(=O)CN(C(=O)CNc1ccc(C)cc1)c1ccccc1. The molecule has 2 aromatic carbocycles. The third-order valence-corrected chi connectivity index (χ3v) is 3.38. The molecular formula is C18H20N2O3. The lowest BCUT2D eigenvalue weighted by Gasteiger charge is -2.22. The molecule has 0 saturated heterocycles. The summed E-state index contributed by atoms with van der Waals surface area (Å²) in [5.74, 6) is -0.667. The summed E-state index contributed by atoms with van der Waals surface area (Å²) in [6.45, 7) is 1.98. The number of carbonyl (C=O) groups is 2. The Balaban J connectivity index is 2.07. The summed E-state index contributed by atoms with van der Waals surface area (Å²) in [6, 6.07) is 16.8. The van der Waals surface area contributed by atoms with Crippen molar-refractivity contribution in [3.05, 3.63) is 60.2 Å². The van der Waals surface area contributed by atoms with Crippen LogP contribution in [0.4, 0.5) is 11.4 Å². The number of benzene rings is 2. The quantitative estimate of drug-likeness (QED) is 0.833. The minimum Gasteiger partial charge on any atom is -0.468 e. The van der Waals surface area contributed by atoms with E-state index in [9.17, 15) is 9.59 Å². The summed E-state index contributed by atoms with van der Waals surface area (Å²) in [6.07, 6.45) is 0. The predicted octanol–water partition coefficient (Wildman–Crippen LogP) is 2.61. The molecule has 0 aromatic heterocycles. The average molecular weight is 312 g/mol. The Hall–Kier alpha value is -2.82. The number of methoxy groups -OCH3 is 1. The van der Waals surface area contributed by atoms with E-state index >= 15 is 0 Å². The predicted molar refractivity (Wildman–Crippen MR) is 90.5 cm³/mol. The first-order chi connectivity index (χ1) is 11.1. The third kappa shape index (κ3) is 4.85. The lowest BCUT2D eigenvalue weighted by atomic mass is 10.2. The number of carbonyl (C=O) groups excluding carboxylic acids is 2. The average Bonchev–Trinajstić information content (AvgIpc) is 2.59. The summed E-state index contributed by atoms with van der Waals surface area (Å²) in [5, 5.41) is 3.07. The van der Waals surface area contributed by atoms with E-state index in [1.54, 1.807) is 12.1 Å². The van der Waals surface area contributed by atoms with Gasteiger partial charge < -0.3 is 10.1 Å². The van der Waals surface area contributed by atoms with Crippen LogP contribution < -0.4 is 10.2 Å². The van der Waals surface area contributed by atoms with E-state index in [1.165, 1.54) is 12.0 Å². The third-order valence-electron chi connectivity index (χ3n) is 3.38. The van der Waals surface area contributed by atoms with Crippen LogP contribution in [0.15, 0.2) is 54.6 Å². The van der Waals surface area contributed by atoms with Gasteiger partial charge >= 0.3 is 5.97 Å². The Bertz CT molecular complexity index is 654. The van der Waals surface area contributed by atoms with Gasteiger partial charge in [0.1, 0.15) is 6.54 Å². The van der Waals surface area contributed by atoms with Crippen LogP contribution in [0.1, 0.15) is 5.56 Å². The Morgan fingerprint density at radius 2 is 1.70 bits per heavy atom. The highest BCUT2D eigenvalue weighted by molar-refractivity contribution is 5.99. The summed E-state index contributed by atoms with van der Waals surface area (Å²) >= 11 is 0. The molecule has 23 heavy (non-hydrogen) atoms. The zero-order chi connectivity index (χ0) is 16.7. The number of anilines is 2. The molecule has 120 valence electrons. The van der Waals surface area contributed by atoms with Crippen molar-refractivity contribution in [3.63, 3.8) is 0 Å². The molecule has 0 heterocycles. The first-order valence-corrected chi connectivity index (χ1v) is 7.33. The minimum atomic E-state index is -0.461. The van der Waals surface area contributed by atoms with Gasteiger partial charge in [0.15, 0.2) is 0 Å². The van der Waals surface area contributed by atoms with E-state index < -0.39 is 5.97 Å². The van der Waals surface area contributed by atoms with Crippen LogP contribution in [0.2, 0.25) is 0 Å². The fourth-order valence-corrected chi connectivity index (χ4v) is 2.07. The van der Waals surface area contributed by atoms with Gasteiger partial charge in [-0.25, -0.2) is 0 Å². The molecule has 5 nitrogen and oxygen atoms in total. The van der Waals surface area contributed by atoms with Crippen molar-refractivity contribution in [2.45, 2.75) is 6.92 Å². The van der Waals surface area contributed by atoms with Crippen LogP contribution in [0.5, 0.6) is 0 Å². The highest BCUT2D eigenvalue weighted by Crippen LogP contribution is 2.14. The molecule has 0 fully saturated rings. The molecule has 1 N–H and O–H groups in total. The minimum absolute atomic E-state index is 0.0922. The van der Waals surface area contributed by atoms with Crippen LogP contribution >= 0.6 is 0 Å². The van der Waals surface area contributed by atoms with Gasteiger partial charge in [-0.1, -0.05) is 35.9 Å². The molecule has 0 aliphatic carbocycles. The summed E-state index contributed by atoms with van der Waals surface area (Å²) in [5.41, 5.74) is 2.67. The van der Waals surface area contributed by atoms with Crippen LogP contribution in [-0.2, 0) is 14.3 Å². The van der Waals surface area contributed by atoms with Crippen molar-refractivity contribution < 1.29 is 14.3 Å². The largest absolute Gasteiger partial charge is 0.468 e. The maximum atomic E-state index is 12.5. The van der Waals surface area contributed by atoms with Gasteiger partial charge in [-0.05, 0) is 31.2 Å². The summed E-state index contributed by atoms with van der Waals surface area (Å²) in [7, 11) is 1.31. The molecule has 2 rings (SSSR count). The lowest BCUT2D eigenvalue weighted by molar-refractivity contribution is -0.139. The van der Waals surface area contributed by atoms with Crippen molar-refractivity contribution in [1.29, 1.82) is 0 Å². The van der Waals surface area contributed by atoms with Crippen LogP contribution in [0.25, 0.3) is 0 Å². The standard InChI is InChI=1S/C18H20N2O3/c1-14-8-10-15(11-9-14)19-12-17(21)20(13-18(22)23-2)16-6-4-3-5-7-16/h3-11,19H,12-13H2,1-2H3. The maximum Gasteiger partial charge on any atom is 0.325 e. The fourth-order valence-electron chi connectivity index (χ4n) is 2.07. The van der Waals surface area contributed by atoms with Crippen LogP contribution in [0.3, 0.4) is 0 Å². The zero-order valence-corrected chi connectivity index (χ0v) is 13.3. The van der Waals surface area contributed by atoms with Gasteiger partial charge in [0.2, 0.25) is 5.91 Å². The molecule has 0 atom stereocenters. The Kier molecular flexibility index (Phi) is 5.74. The normalized spacial score (nSPS) is 10.0. The zero-order valence-electron chi connectivity index (χ0n) is 13.3. The van der Waals surface area contributed by atoms with E-state index in [0.29, 0.717) is 5.69 Å². The van der Waals surface area contributed by atoms with E-state index in [1.807, 2.05) is 49.4 Å². The van der Waals surface area contributed by atoms with Gasteiger partial charge in [-0.15, -0.1) is 0 Å². The van der Waals surface area contributed by atoms with E-state index in [4.69, 9.17) is 0 Å². The second-order valence-corrected chi connectivity index (χ2v) is 5.11. The number of rotatable bonds is 6. The topological polar surface area (TPSA) is 58.6 Å². The van der Waals surface area contributed by atoms with Gasteiger partial charge in [-0.3, -0.25) is 14.5 Å². The molecule has 0 spiro atoms. The molecular weight excluding hydrogens is 292 g/mol. The van der Waals surface area contributed by atoms with Crippen molar-refractivity contribution in [2.24, 2.45) is 0 Å². The van der Waals surface area contributed by atoms with E-state index in [-0.39, 0.29) is 19.0 Å². The molecule has 5 heteroatoms. The van der Waals surface area contributed by atoms with E-state index in [0.717, 1.165) is 11.3 Å². The summed E-state index contributed by atoms with van der Waals surface area (Å²) in [4.78, 5) is 25.5. The molecule has 2 aromatic rings. The van der Waals surface area contributed by atoms with Gasteiger partial charge in [0, 0.05) is 11.4 Å². The Labute approximate surface area is 135 Å². The molecule has 0 unspecified atom stereocenters. The molecule has 0 saturated carbocycles. The lowest BCUT2D eigenvalue weighted by Crippen LogP contribution is -2.39. The second kappa shape index (κ2) is 7.98. The highest BCUT2D eigenvalue weighted by atomic mass is 16.5. The van der Waals surface area contributed by atoms with Gasteiger partial charge in [0.25, 0.3) is 0 Å². The number of amides is 1. The monoisotopic (exact) mass is 312 g/mol. The first-order valence-electron chi connectivity index (χ1n) is 7.33. The van der Waals surface area contributed by atoms with Crippen molar-refractivity contribution in [2.75, 3.05) is 30.4 Å². The smallest absolute Gasteiger partial charge is 0.325 e.